The molecular weight excluding hydrogens is 318 g/mol. The SMILES string of the molecule is O=C(NC1CCCCC1)c1cc(Nc2ccc3c(c2)OCO3)ccn1. The van der Waals surface area contributed by atoms with Crippen molar-refractivity contribution in [3.8, 4) is 11.5 Å². The first-order valence-electron chi connectivity index (χ1n) is 8.71. The fourth-order valence-corrected chi connectivity index (χ4v) is 3.28. The number of rotatable bonds is 4. The lowest BCUT2D eigenvalue weighted by Crippen LogP contribution is -2.36. The first-order chi connectivity index (χ1) is 12.3. The summed E-state index contributed by atoms with van der Waals surface area (Å²) < 4.78 is 10.7. The molecule has 0 radical (unpaired) electrons. The third kappa shape index (κ3) is 3.68. The minimum Gasteiger partial charge on any atom is -0.454 e. The van der Waals surface area contributed by atoms with E-state index in [1.807, 2.05) is 24.3 Å². The van der Waals surface area contributed by atoms with Crippen LogP contribution in [-0.4, -0.2) is 23.7 Å². The molecule has 0 atom stereocenters. The first kappa shape index (κ1) is 15.7. The van der Waals surface area contributed by atoms with Crippen LogP contribution in [0.1, 0.15) is 42.6 Å². The zero-order valence-electron chi connectivity index (χ0n) is 14.0. The summed E-state index contributed by atoms with van der Waals surface area (Å²) in [4.78, 5) is 16.6. The molecule has 0 unspecified atom stereocenters. The Kier molecular flexibility index (Phi) is 4.41. The third-order valence-corrected chi connectivity index (χ3v) is 4.59. The minimum absolute atomic E-state index is 0.110. The maximum atomic E-state index is 12.4. The fraction of sp³-hybridized carbons (Fsp3) is 0.368. The van der Waals surface area contributed by atoms with E-state index in [0.717, 1.165) is 30.0 Å². The molecule has 2 N–H and O–H groups in total. The quantitative estimate of drug-likeness (QED) is 0.890. The summed E-state index contributed by atoms with van der Waals surface area (Å²) in [6.07, 6.45) is 7.39. The van der Waals surface area contributed by atoms with E-state index in [9.17, 15) is 4.79 Å². The first-order valence-corrected chi connectivity index (χ1v) is 8.71. The molecule has 2 heterocycles. The third-order valence-electron chi connectivity index (χ3n) is 4.59. The van der Waals surface area contributed by atoms with E-state index in [0.29, 0.717) is 11.4 Å². The number of nitrogens with one attached hydrogen (secondary N) is 2. The van der Waals surface area contributed by atoms with Crippen LogP contribution >= 0.6 is 0 Å². The number of aromatic nitrogens is 1. The Labute approximate surface area is 146 Å². The van der Waals surface area contributed by atoms with Crippen LogP contribution in [0.2, 0.25) is 0 Å². The Bertz CT molecular complexity index is 772. The van der Waals surface area contributed by atoms with Crippen LogP contribution in [0.15, 0.2) is 36.5 Å². The van der Waals surface area contributed by atoms with Gasteiger partial charge < -0.3 is 20.1 Å². The van der Waals surface area contributed by atoms with Crippen LogP contribution in [0.3, 0.4) is 0 Å². The van der Waals surface area contributed by atoms with Gasteiger partial charge in [0, 0.05) is 29.7 Å². The van der Waals surface area contributed by atoms with Gasteiger partial charge in [-0.2, -0.15) is 0 Å². The molecule has 1 aromatic carbocycles. The number of benzene rings is 1. The van der Waals surface area contributed by atoms with Crippen molar-refractivity contribution in [3.63, 3.8) is 0 Å². The van der Waals surface area contributed by atoms with Crippen LogP contribution < -0.4 is 20.1 Å². The number of anilines is 2. The van der Waals surface area contributed by atoms with Crippen molar-refractivity contribution in [2.45, 2.75) is 38.1 Å². The van der Waals surface area contributed by atoms with E-state index in [1.165, 1.54) is 19.3 Å². The molecule has 0 bridgehead atoms. The average molecular weight is 339 g/mol. The smallest absolute Gasteiger partial charge is 0.270 e. The number of pyridine rings is 1. The Hall–Kier alpha value is -2.76. The van der Waals surface area contributed by atoms with Gasteiger partial charge in [0.25, 0.3) is 5.91 Å². The summed E-state index contributed by atoms with van der Waals surface area (Å²) >= 11 is 0. The Morgan fingerprint density at radius 2 is 1.80 bits per heavy atom. The lowest BCUT2D eigenvalue weighted by atomic mass is 9.95. The highest BCUT2D eigenvalue weighted by atomic mass is 16.7. The number of hydrogen-bond acceptors (Lipinski definition) is 5. The number of amides is 1. The highest BCUT2D eigenvalue weighted by Crippen LogP contribution is 2.35. The summed E-state index contributed by atoms with van der Waals surface area (Å²) in [5.41, 5.74) is 2.10. The van der Waals surface area contributed by atoms with E-state index in [-0.39, 0.29) is 18.7 Å². The van der Waals surface area contributed by atoms with E-state index in [4.69, 9.17) is 9.47 Å². The van der Waals surface area contributed by atoms with Crippen LogP contribution in [0.4, 0.5) is 11.4 Å². The van der Waals surface area contributed by atoms with Gasteiger partial charge in [-0.05, 0) is 37.1 Å². The van der Waals surface area contributed by atoms with Gasteiger partial charge in [0.05, 0.1) is 0 Å². The van der Waals surface area contributed by atoms with Gasteiger partial charge in [-0.15, -0.1) is 0 Å². The molecule has 1 aromatic heterocycles. The number of carbonyl (C=O) groups excluding carboxylic acids is 1. The van der Waals surface area contributed by atoms with Crippen LogP contribution in [0.5, 0.6) is 11.5 Å². The molecule has 6 heteroatoms. The fourth-order valence-electron chi connectivity index (χ4n) is 3.28. The van der Waals surface area contributed by atoms with E-state index < -0.39 is 0 Å². The molecule has 1 fully saturated rings. The highest BCUT2D eigenvalue weighted by Gasteiger charge is 2.18. The lowest BCUT2D eigenvalue weighted by Gasteiger charge is -2.22. The van der Waals surface area contributed by atoms with E-state index in [1.54, 1.807) is 12.3 Å². The van der Waals surface area contributed by atoms with Gasteiger partial charge in [-0.1, -0.05) is 19.3 Å². The Balaban J connectivity index is 1.44. The van der Waals surface area contributed by atoms with Crippen molar-refractivity contribution in [2.75, 3.05) is 12.1 Å². The van der Waals surface area contributed by atoms with Gasteiger partial charge in [-0.3, -0.25) is 9.78 Å². The molecule has 1 saturated carbocycles. The highest BCUT2D eigenvalue weighted by molar-refractivity contribution is 5.93. The van der Waals surface area contributed by atoms with Crippen molar-refractivity contribution in [1.82, 2.24) is 10.3 Å². The van der Waals surface area contributed by atoms with Gasteiger partial charge >= 0.3 is 0 Å². The Morgan fingerprint density at radius 1 is 1.00 bits per heavy atom. The molecule has 1 aliphatic carbocycles. The molecular formula is C19H21N3O3. The second-order valence-electron chi connectivity index (χ2n) is 6.43. The van der Waals surface area contributed by atoms with Crippen molar-refractivity contribution < 1.29 is 14.3 Å². The summed E-state index contributed by atoms with van der Waals surface area (Å²) in [5, 5.41) is 6.37. The van der Waals surface area contributed by atoms with Crippen LogP contribution in [0.25, 0.3) is 0 Å². The van der Waals surface area contributed by atoms with Crippen molar-refractivity contribution in [1.29, 1.82) is 0 Å². The maximum absolute atomic E-state index is 12.4. The monoisotopic (exact) mass is 339 g/mol. The molecule has 2 aromatic rings. The zero-order valence-corrected chi connectivity index (χ0v) is 14.0. The number of ether oxygens (including phenoxy) is 2. The van der Waals surface area contributed by atoms with Gasteiger partial charge in [0.15, 0.2) is 11.5 Å². The van der Waals surface area contributed by atoms with Crippen molar-refractivity contribution >= 4 is 17.3 Å². The zero-order chi connectivity index (χ0) is 17.1. The maximum Gasteiger partial charge on any atom is 0.270 e. The molecule has 1 amide bonds. The largest absolute Gasteiger partial charge is 0.454 e. The molecule has 0 spiro atoms. The molecule has 25 heavy (non-hydrogen) atoms. The van der Waals surface area contributed by atoms with E-state index in [2.05, 4.69) is 15.6 Å². The molecule has 130 valence electrons. The van der Waals surface area contributed by atoms with Crippen LogP contribution in [-0.2, 0) is 0 Å². The summed E-state index contributed by atoms with van der Waals surface area (Å²) in [6, 6.07) is 9.53. The second-order valence-corrected chi connectivity index (χ2v) is 6.43. The van der Waals surface area contributed by atoms with Gasteiger partial charge in [0.1, 0.15) is 5.69 Å². The summed E-state index contributed by atoms with van der Waals surface area (Å²) in [7, 11) is 0. The Morgan fingerprint density at radius 3 is 2.68 bits per heavy atom. The average Bonchev–Trinajstić information content (AvgIpc) is 3.10. The summed E-state index contributed by atoms with van der Waals surface area (Å²) in [6.45, 7) is 0.250. The molecule has 0 saturated heterocycles. The van der Waals surface area contributed by atoms with Crippen molar-refractivity contribution in [3.05, 3.63) is 42.2 Å². The normalized spacial score (nSPS) is 16.5. The predicted octanol–water partition coefficient (Wildman–Crippen LogP) is 3.62. The van der Waals surface area contributed by atoms with E-state index >= 15 is 0 Å². The number of carbonyl (C=O) groups is 1. The second kappa shape index (κ2) is 7.01. The van der Waals surface area contributed by atoms with Gasteiger partial charge in [-0.25, -0.2) is 0 Å². The standard InChI is InChI=1S/C19H21N3O3/c23-19(22-13-4-2-1-3-5-13)16-10-15(8-9-20-16)21-14-6-7-17-18(11-14)25-12-24-17/h6-11,13H,1-5,12H2,(H,20,21)(H,22,23). The number of hydrogen-bond donors (Lipinski definition) is 2. The number of fused-ring (bicyclic) bond motifs is 1. The van der Waals surface area contributed by atoms with Crippen molar-refractivity contribution in [2.24, 2.45) is 0 Å². The molecule has 1 aliphatic heterocycles. The minimum atomic E-state index is -0.110. The summed E-state index contributed by atoms with van der Waals surface area (Å²) in [5.74, 6) is 1.35. The molecule has 4 rings (SSSR count). The lowest BCUT2D eigenvalue weighted by molar-refractivity contribution is 0.0922. The predicted molar refractivity (Wildman–Crippen MR) is 94.4 cm³/mol. The molecule has 6 nitrogen and oxygen atoms in total. The topological polar surface area (TPSA) is 72.5 Å². The molecule has 2 aliphatic rings. The number of nitrogens with zero attached hydrogens (tertiary/aromatic N) is 1. The van der Waals surface area contributed by atoms with Gasteiger partial charge in [0.2, 0.25) is 6.79 Å². The van der Waals surface area contributed by atoms with Crippen LogP contribution in [0, 0.1) is 0 Å².